The van der Waals surface area contributed by atoms with Gasteiger partial charge in [0.2, 0.25) is 0 Å². The van der Waals surface area contributed by atoms with Gasteiger partial charge in [0.25, 0.3) is 0 Å². The highest BCUT2D eigenvalue weighted by atomic mass is 16.5. The quantitative estimate of drug-likeness (QED) is 0.112. The van der Waals surface area contributed by atoms with E-state index in [1.165, 1.54) is 38.9 Å². The third-order valence-electron chi connectivity index (χ3n) is 14.2. The summed E-state index contributed by atoms with van der Waals surface area (Å²) in [6.07, 6.45) is 0.914. The van der Waals surface area contributed by atoms with E-state index in [-0.39, 0.29) is 40.1 Å². The number of ether oxygens (including phenoxy) is 6. The molecule has 10 rings (SSSR count). The van der Waals surface area contributed by atoms with E-state index in [0.29, 0.717) is 19.8 Å². The lowest BCUT2D eigenvalue weighted by Gasteiger charge is -2.42. The van der Waals surface area contributed by atoms with E-state index in [1.807, 2.05) is 0 Å². The number of benzene rings is 5. The lowest BCUT2D eigenvalue weighted by Crippen LogP contribution is -2.45. The van der Waals surface area contributed by atoms with Crippen molar-refractivity contribution in [2.75, 3.05) is 59.5 Å². The fraction of sp³-hybridized carbons (Fsp3) is 0.434. The van der Waals surface area contributed by atoms with Crippen LogP contribution in [0.3, 0.4) is 0 Å². The molecule has 5 aromatic rings. The topological polar surface area (TPSA) is 55.4 Å². The Balaban J connectivity index is 1.16. The van der Waals surface area contributed by atoms with E-state index < -0.39 is 5.41 Å². The molecule has 6 nitrogen and oxygen atoms in total. The Bertz CT molecular complexity index is 2310. The monoisotopic (exact) mass is 790 g/mol. The summed E-state index contributed by atoms with van der Waals surface area (Å²) in [5.74, 6) is 2.39. The highest BCUT2D eigenvalue weighted by Gasteiger charge is 2.58. The van der Waals surface area contributed by atoms with Crippen LogP contribution in [0, 0.1) is 22.2 Å². The van der Waals surface area contributed by atoms with Gasteiger partial charge in [0.15, 0.2) is 0 Å². The van der Waals surface area contributed by atoms with Crippen LogP contribution in [0.1, 0.15) is 80.7 Å². The Kier molecular flexibility index (Phi) is 9.79. The smallest absolute Gasteiger partial charge is 0.127 e. The Morgan fingerprint density at radius 2 is 1.19 bits per heavy atom. The molecule has 0 radical (unpaired) electrons. The second-order valence-electron chi connectivity index (χ2n) is 19.5. The maximum atomic E-state index is 6.92. The molecule has 3 heterocycles. The lowest BCUT2D eigenvalue weighted by molar-refractivity contribution is -0.149. The second-order valence-corrected chi connectivity index (χ2v) is 19.5. The SMILES string of the molecule is CC(OCC1(C)COC1)C(CC1C(C)c2cc(OCC3(C)COC3)c(-c3ccccc3)cc2C12c1ccccc1-c1ccc(OCC3(C)COC3)cc12)c1ccccc1. The molecule has 2 aliphatic carbocycles. The molecule has 306 valence electrons. The van der Waals surface area contributed by atoms with Gasteiger partial charge in [0.05, 0.1) is 71.0 Å². The standard InChI is InChI=1S/C53H58O6/c1-35-42-25-49(59-34-52(5)30-56-31-52)44(38-16-10-7-11-17-38)24-48(42)53(46(35)23-43(37-14-8-6-9-15-37)36(2)57-32-50(3)26-54-27-50)45-19-13-12-18-40(45)41-21-20-39(22-47(41)53)58-33-51(4)28-55-29-51/h6-22,24-25,35-36,43,46H,23,26-34H2,1-5H3. The summed E-state index contributed by atoms with van der Waals surface area (Å²) >= 11 is 0. The van der Waals surface area contributed by atoms with Gasteiger partial charge in [-0.3, -0.25) is 0 Å². The molecule has 59 heavy (non-hydrogen) atoms. The first-order valence-electron chi connectivity index (χ1n) is 21.7. The van der Waals surface area contributed by atoms with Crippen molar-refractivity contribution in [3.63, 3.8) is 0 Å². The molecule has 0 amide bonds. The van der Waals surface area contributed by atoms with Gasteiger partial charge >= 0.3 is 0 Å². The molecule has 6 heteroatoms. The molecular formula is C53H58O6. The van der Waals surface area contributed by atoms with Gasteiger partial charge in [0.1, 0.15) is 11.5 Å². The summed E-state index contributed by atoms with van der Waals surface area (Å²) in [5, 5.41) is 0. The zero-order valence-electron chi connectivity index (χ0n) is 35.3. The van der Waals surface area contributed by atoms with Crippen molar-refractivity contribution < 1.29 is 28.4 Å². The molecule has 0 saturated carbocycles. The van der Waals surface area contributed by atoms with Crippen LogP contribution in [0.5, 0.6) is 11.5 Å². The van der Waals surface area contributed by atoms with Crippen molar-refractivity contribution in [2.45, 2.75) is 64.4 Å². The van der Waals surface area contributed by atoms with E-state index in [1.54, 1.807) is 0 Å². The Labute approximate surface area is 350 Å². The van der Waals surface area contributed by atoms with E-state index in [4.69, 9.17) is 28.4 Å². The minimum Gasteiger partial charge on any atom is -0.493 e. The van der Waals surface area contributed by atoms with Gasteiger partial charge < -0.3 is 28.4 Å². The summed E-state index contributed by atoms with van der Waals surface area (Å²) in [4.78, 5) is 0. The number of hydrogen-bond donors (Lipinski definition) is 0. The van der Waals surface area contributed by atoms with Gasteiger partial charge in [-0.1, -0.05) is 119 Å². The molecule has 5 aliphatic rings. The third-order valence-corrected chi connectivity index (χ3v) is 14.2. The molecule has 5 unspecified atom stereocenters. The first-order chi connectivity index (χ1) is 28.6. The van der Waals surface area contributed by atoms with E-state index in [2.05, 4.69) is 150 Å². The van der Waals surface area contributed by atoms with Crippen LogP contribution in [-0.2, 0) is 24.4 Å². The summed E-state index contributed by atoms with van der Waals surface area (Å²) in [6.45, 7) is 17.9. The first-order valence-corrected chi connectivity index (χ1v) is 21.7. The minimum atomic E-state index is -0.458. The molecule has 5 aromatic carbocycles. The highest BCUT2D eigenvalue weighted by Crippen LogP contribution is 2.67. The van der Waals surface area contributed by atoms with Crippen LogP contribution in [0.4, 0.5) is 0 Å². The molecule has 0 N–H and O–H groups in total. The van der Waals surface area contributed by atoms with E-state index in [0.717, 1.165) is 68.7 Å². The predicted octanol–water partition coefficient (Wildman–Crippen LogP) is 10.8. The number of rotatable bonds is 14. The molecule has 3 fully saturated rings. The maximum Gasteiger partial charge on any atom is 0.127 e. The van der Waals surface area contributed by atoms with E-state index >= 15 is 0 Å². The minimum absolute atomic E-state index is 0.00642. The molecule has 3 saturated heterocycles. The molecular weight excluding hydrogens is 733 g/mol. The van der Waals surface area contributed by atoms with Crippen LogP contribution in [0.15, 0.2) is 115 Å². The van der Waals surface area contributed by atoms with Gasteiger partial charge in [-0.15, -0.1) is 0 Å². The maximum absolute atomic E-state index is 6.92. The fourth-order valence-corrected chi connectivity index (χ4v) is 10.7. The Morgan fingerprint density at radius 1 is 0.593 bits per heavy atom. The fourth-order valence-electron chi connectivity index (χ4n) is 10.7. The van der Waals surface area contributed by atoms with Crippen molar-refractivity contribution in [1.82, 2.24) is 0 Å². The Morgan fingerprint density at radius 3 is 1.85 bits per heavy atom. The number of hydrogen-bond acceptors (Lipinski definition) is 6. The van der Waals surface area contributed by atoms with Gasteiger partial charge in [-0.05, 0) is 94.0 Å². The van der Waals surface area contributed by atoms with Crippen molar-refractivity contribution >= 4 is 0 Å². The van der Waals surface area contributed by atoms with Gasteiger partial charge in [-0.2, -0.15) is 0 Å². The third kappa shape index (κ3) is 6.71. The van der Waals surface area contributed by atoms with Crippen molar-refractivity contribution in [2.24, 2.45) is 22.2 Å². The average molecular weight is 791 g/mol. The number of fused-ring (bicyclic) bond motifs is 7. The summed E-state index contributed by atoms with van der Waals surface area (Å²) in [5.41, 5.74) is 11.2. The summed E-state index contributed by atoms with van der Waals surface area (Å²) in [7, 11) is 0. The molecule has 3 aliphatic heterocycles. The van der Waals surface area contributed by atoms with Crippen molar-refractivity contribution in [3.8, 4) is 33.8 Å². The van der Waals surface area contributed by atoms with Gasteiger partial charge in [0, 0.05) is 27.7 Å². The first kappa shape index (κ1) is 38.7. The molecule has 5 atom stereocenters. The molecule has 0 aromatic heterocycles. The highest BCUT2D eigenvalue weighted by molar-refractivity contribution is 5.87. The van der Waals surface area contributed by atoms with E-state index in [9.17, 15) is 0 Å². The van der Waals surface area contributed by atoms with Crippen LogP contribution in [0.2, 0.25) is 0 Å². The summed E-state index contributed by atoms with van der Waals surface area (Å²) in [6, 6.07) is 42.8. The van der Waals surface area contributed by atoms with Crippen molar-refractivity contribution in [1.29, 1.82) is 0 Å². The molecule has 1 spiro atoms. The van der Waals surface area contributed by atoms with Crippen molar-refractivity contribution in [3.05, 3.63) is 143 Å². The van der Waals surface area contributed by atoms with Gasteiger partial charge in [-0.25, -0.2) is 0 Å². The van der Waals surface area contributed by atoms with Crippen LogP contribution in [0.25, 0.3) is 22.3 Å². The molecule has 0 bridgehead atoms. The second kappa shape index (κ2) is 14.9. The van der Waals surface area contributed by atoms with Crippen LogP contribution in [-0.4, -0.2) is 65.6 Å². The normalized spacial score (nSPS) is 24.8. The Hall–Kier alpha value is -4.46. The summed E-state index contributed by atoms with van der Waals surface area (Å²) < 4.78 is 37.5. The van der Waals surface area contributed by atoms with Crippen LogP contribution >= 0.6 is 0 Å². The average Bonchev–Trinajstić information content (AvgIpc) is 3.65. The lowest BCUT2D eigenvalue weighted by atomic mass is 9.63. The predicted molar refractivity (Wildman–Crippen MR) is 233 cm³/mol. The zero-order chi connectivity index (χ0) is 40.4. The largest absolute Gasteiger partial charge is 0.493 e. The van der Waals surface area contributed by atoms with Crippen LogP contribution < -0.4 is 9.47 Å². The zero-order valence-corrected chi connectivity index (χ0v) is 35.3.